The minimum Gasteiger partial charge on any atom is -0.482 e. The topological polar surface area (TPSA) is 54.9 Å². The summed E-state index contributed by atoms with van der Waals surface area (Å²) in [6.07, 6.45) is 0. The van der Waals surface area contributed by atoms with Crippen LogP contribution in [0.2, 0.25) is 0 Å². The van der Waals surface area contributed by atoms with Crippen LogP contribution in [0, 0.1) is 0 Å². The van der Waals surface area contributed by atoms with E-state index in [2.05, 4.69) is 47.1 Å². The lowest BCUT2D eigenvalue weighted by atomic mass is 10.1. The third-order valence-corrected chi connectivity index (χ3v) is 5.65. The van der Waals surface area contributed by atoms with Crippen LogP contribution in [0.3, 0.4) is 0 Å². The second-order valence-corrected chi connectivity index (χ2v) is 7.59. The Kier molecular flexibility index (Phi) is 6.67. The van der Waals surface area contributed by atoms with Crippen molar-refractivity contribution in [2.75, 3.05) is 50.8 Å². The van der Waals surface area contributed by atoms with Crippen molar-refractivity contribution in [1.29, 1.82) is 0 Å². The van der Waals surface area contributed by atoms with E-state index < -0.39 is 0 Å². The summed E-state index contributed by atoms with van der Waals surface area (Å²) in [5, 5.41) is 2.37. The van der Waals surface area contributed by atoms with Gasteiger partial charge in [-0.1, -0.05) is 31.2 Å². The summed E-state index contributed by atoms with van der Waals surface area (Å²) in [5.41, 5.74) is 1.95. The van der Waals surface area contributed by atoms with E-state index in [0.29, 0.717) is 12.4 Å². The highest BCUT2D eigenvalue weighted by Crippen LogP contribution is 2.31. The van der Waals surface area contributed by atoms with Crippen molar-refractivity contribution in [1.82, 2.24) is 9.88 Å². The fraction of sp³-hybridized carbons (Fsp3) is 0.360. The summed E-state index contributed by atoms with van der Waals surface area (Å²) < 4.78 is 10.4. The highest BCUT2D eigenvalue weighted by Gasteiger charge is 2.19. The number of nitrogens with zero attached hydrogens (tertiary/aromatic N) is 3. The average molecular weight is 420 g/mol. The van der Waals surface area contributed by atoms with Gasteiger partial charge >= 0.3 is 5.97 Å². The zero-order valence-corrected chi connectivity index (χ0v) is 18.2. The fourth-order valence-electron chi connectivity index (χ4n) is 3.91. The number of piperazine rings is 1. The van der Waals surface area contributed by atoms with E-state index in [1.165, 1.54) is 10.8 Å². The molecular weight excluding hydrogens is 390 g/mol. The normalized spacial score (nSPS) is 14.6. The lowest BCUT2D eigenvalue weighted by Gasteiger charge is -2.35. The SMILES string of the molecule is CCOC(=O)COc1ccc(-c2cc3ccccc3c(N3CCN(CC)CC3)n2)cc1. The molecule has 0 N–H and O–H groups in total. The van der Waals surface area contributed by atoms with Crippen molar-refractivity contribution in [2.45, 2.75) is 13.8 Å². The van der Waals surface area contributed by atoms with Crippen molar-refractivity contribution >= 4 is 22.6 Å². The highest BCUT2D eigenvalue weighted by atomic mass is 16.6. The molecule has 3 aromatic rings. The maximum absolute atomic E-state index is 11.5. The number of carbonyl (C=O) groups excluding carboxylic acids is 1. The van der Waals surface area contributed by atoms with Gasteiger partial charge in [0.15, 0.2) is 6.61 Å². The van der Waals surface area contributed by atoms with E-state index >= 15 is 0 Å². The van der Waals surface area contributed by atoms with Gasteiger partial charge in [-0.25, -0.2) is 9.78 Å². The van der Waals surface area contributed by atoms with E-state index in [9.17, 15) is 4.79 Å². The van der Waals surface area contributed by atoms with Gasteiger partial charge in [0, 0.05) is 37.1 Å². The van der Waals surface area contributed by atoms with Crippen LogP contribution in [-0.4, -0.2) is 61.8 Å². The Labute approximate surface area is 183 Å². The number of esters is 1. The first kappa shape index (κ1) is 21.1. The summed E-state index contributed by atoms with van der Waals surface area (Å²) in [5.74, 6) is 1.32. The Morgan fingerprint density at radius 3 is 2.45 bits per heavy atom. The summed E-state index contributed by atoms with van der Waals surface area (Å²) in [4.78, 5) is 21.4. The van der Waals surface area contributed by atoms with Gasteiger partial charge in [0.05, 0.1) is 12.3 Å². The Morgan fingerprint density at radius 1 is 1.00 bits per heavy atom. The van der Waals surface area contributed by atoms with Gasteiger partial charge in [-0.2, -0.15) is 0 Å². The van der Waals surface area contributed by atoms with Crippen molar-refractivity contribution in [3.8, 4) is 17.0 Å². The number of benzene rings is 2. The molecule has 0 amide bonds. The number of likely N-dealkylation sites (N-methyl/N-ethyl adjacent to an activating group) is 1. The zero-order valence-electron chi connectivity index (χ0n) is 18.2. The molecule has 31 heavy (non-hydrogen) atoms. The molecule has 2 aromatic carbocycles. The van der Waals surface area contributed by atoms with Crippen molar-refractivity contribution in [2.24, 2.45) is 0 Å². The molecule has 4 rings (SSSR count). The van der Waals surface area contributed by atoms with Crippen LogP contribution in [0.1, 0.15) is 13.8 Å². The molecule has 6 heteroatoms. The van der Waals surface area contributed by atoms with Crippen molar-refractivity contribution in [3.63, 3.8) is 0 Å². The second-order valence-electron chi connectivity index (χ2n) is 7.59. The first-order chi connectivity index (χ1) is 15.2. The third-order valence-electron chi connectivity index (χ3n) is 5.65. The number of rotatable bonds is 7. The largest absolute Gasteiger partial charge is 0.482 e. The van der Waals surface area contributed by atoms with Crippen LogP contribution in [0.25, 0.3) is 22.0 Å². The third kappa shape index (κ3) is 4.97. The summed E-state index contributed by atoms with van der Waals surface area (Å²) >= 11 is 0. The molecule has 6 nitrogen and oxygen atoms in total. The number of pyridine rings is 1. The van der Waals surface area contributed by atoms with Gasteiger partial charge in [-0.15, -0.1) is 0 Å². The Hall–Kier alpha value is -3.12. The van der Waals surface area contributed by atoms with Crippen LogP contribution < -0.4 is 9.64 Å². The summed E-state index contributed by atoms with van der Waals surface area (Å²) in [7, 11) is 0. The molecule has 0 radical (unpaired) electrons. The lowest BCUT2D eigenvalue weighted by molar-refractivity contribution is -0.145. The maximum atomic E-state index is 11.5. The Bertz CT molecular complexity index is 1030. The van der Waals surface area contributed by atoms with Gasteiger partial charge < -0.3 is 19.3 Å². The summed E-state index contributed by atoms with van der Waals surface area (Å²) in [6, 6.07) is 18.3. The predicted molar refractivity (Wildman–Crippen MR) is 124 cm³/mol. The average Bonchev–Trinajstić information content (AvgIpc) is 2.82. The molecule has 0 unspecified atom stereocenters. The van der Waals surface area contributed by atoms with Gasteiger partial charge in [-0.05, 0) is 49.2 Å². The van der Waals surface area contributed by atoms with E-state index in [1.807, 2.05) is 24.3 Å². The molecule has 0 saturated carbocycles. The van der Waals surface area contributed by atoms with Crippen molar-refractivity contribution < 1.29 is 14.3 Å². The van der Waals surface area contributed by atoms with E-state index in [0.717, 1.165) is 49.8 Å². The quantitative estimate of drug-likeness (QED) is 0.540. The summed E-state index contributed by atoms with van der Waals surface area (Å²) in [6.45, 7) is 9.42. The molecule has 162 valence electrons. The van der Waals surface area contributed by atoms with E-state index in [1.54, 1.807) is 6.92 Å². The first-order valence-corrected chi connectivity index (χ1v) is 10.9. The smallest absolute Gasteiger partial charge is 0.344 e. The van der Waals surface area contributed by atoms with Gasteiger partial charge in [0.2, 0.25) is 0 Å². The van der Waals surface area contributed by atoms with Crippen LogP contribution in [0.15, 0.2) is 54.6 Å². The van der Waals surface area contributed by atoms with Crippen LogP contribution in [0.5, 0.6) is 5.75 Å². The molecule has 1 fully saturated rings. The Balaban J connectivity index is 1.59. The molecule has 1 saturated heterocycles. The van der Waals surface area contributed by atoms with E-state index in [-0.39, 0.29) is 12.6 Å². The molecule has 1 aliphatic rings. The minimum atomic E-state index is -0.365. The zero-order chi connectivity index (χ0) is 21.6. The first-order valence-electron chi connectivity index (χ1n) is 10.9. The fourth-order valence-corrected chi connectivity index (χ4v) is 3.91. The molecule has 2 heterocycles. The van der Waals surface area contributed by atoms with Crippen LogP contribution in [-0.2, 0) is 9.53 Å². The van der Waals surface area contributed by atoms with E-state index in [4.69, 9.17) is 14.5 Å². The monoisotopic (exact) mass is 419 g/mol. The standard InChI is InChI=1S/C25H29N3O3/c1-3-27-13-15-28(16-14-27)25-22-8-6-5-7-20(22)17-23(26-25)19-9-11-21(12-10-19)31-18-24(29)30-4-2/h5-12,17H,3-4,13-16,18H2,1-2H3. The predicted octanol–water partition coefficient (Wildman–Crippen LogP) is 3.99. The lowest BCUT2D eigenvalue weighted by Crippen LogP contribution is -2.46. The van der Waals surface area contributed by atoms with Gasteiger partial charge in [0.1, 0.15) is 11.6 Å². The minimum absolute atomic E-state index is 0.0880. The molecule has 0 aliphatic carbocycles. The molecule has 1 aromatic heterocycles. The molecule has 0 atom stereocenters. The molecular formula is C25H29N3O3. The Morgan fingerprint density at radius 2 is 1.74 bits per heavy atom. The van der Waals surface area contributed by atoms with Crippen LogP contribution >= 0.6 is 0 Å². The number of ether oxygens (including phenoxy) is 2. The van der Waals surface area contributed by atoms with Crippen molar-refractivity contribution in [3.05, 3.63) is 54.6 Å². The molecule has 1 aliphatic heterocycles. The molecule has 0 bridgehead atoms. The highest BCUT2D eigenvalue weighted by molar-refractivity contribution is 5.95. The number of hydrogen-bond acceptors (Lipinski definition) is 6. The van der Waals surface area contributed by atoms with Gasteiger partial charge in [0.25, 0.3) is 0 Å². The number of hydrogen-bond donors (Lipinski definition) is 0. The van der Waals surface area contributed by atoms with Gasteiger partial charge in [-0.3, -0.25) is 0 Å². The maximum Gasteiger partial charge on any atom is 0.344 e. The number of aromatic nitrogens is 1. The number of fused-ring (bicyclic) bond motifs is 1. The van der Waals surface area contributed by atoms with Crippen LogP contribution in [0.4, 0.5) is 5.82 Å². The number of anilines is 1. The second kappa shape index (κ2) is 9.79. The number of carbonyl (C=O) groups is 1. The molecule has 0 spiro atoms.